The van der Waals surface area contributed by atoms with Crippen LogP contribution in [0.15, 0.2) is 12.3 Å². The third-order valence-electron chi connectivity index (χ3n) is 3.49. The molecule has 0 saturated carbocycles. The highest BCUT2D eigenvalue weighted by molar-refractivity contribution is 5.97. The van der Waals surface area contributed by atoms with Crippen molar-refractivity contribution in [2.24, 2.45) is 0 Å². The first kappa shape index (κ1) is 16.7. The van der Waals surface area contributed by atoms with Gasteiger partial charge in [-0.15, -0.1) is 0 Å². The lowest BCUT2D eigenvalue weighted by Crippen LogP contribution is -2.51. The number of rotatable bonds is 5. The van der Waals surface area contributed by atoms with Gasteiger partial charge >= 0.3 is 5.97 Å². The molecule has 0 saturated heterocycles. The fourth-order valence-corrected chi connectivity index (χ4v) is 1.73. The minimum atomic E-state index is -1.42. The van der Waals surface area contributed by atoms with Crippen LogP contribution in [0.5, 0.6) is 0 Å². The van der Waals surface area contributed by atoms with Gasteiger partial charge in [-0.05, 0) is 27.7 Å². The van der Waals surface area contributed by atoms with E-state index in [9.17, 15) is 24.8 Å². The molecular weight excluding hydrogens is 278 g/mol. The zero-order valence-electron chi connectivity index (χ0n) is 12.7. The van der Waals surface area contributed by atoms with Crippen molar-refractivity contribution in [2.45, 2.75) is 39.3 Å². The van der Waals surface area contributed by atoms with Crippen LogP contribution < -0.4 is 0 Å². The number of amides is 1. The van der Waals surface area contributed by atoms with Gasteiger partial charge in [0.15, 0.2) is 0 Å². The normalized spacial score (nSPS) is 11.5. The fraction of sp³-hybridized carbons (Fsp3) is 0.538. The summed E-state index contributed by atoms with van der Waals surface area (Å²) in [5.74, 6) is -1.74. The number of nitrogens with zero attached hydrogens (tertiary/aromatic N) is 3. The van der Waals surface area contributed by atoms with E-state index in [0.29, 0.717) is 0 Å². The molecule has 0 aliphatic rings. The highest BCUT2D eigenvalue weighted by Gasteiger charge is 2.37. The first-order chi connectivity index (χ1) is 9.50. The molecule has 0 aromatic carbocycles. The van der Waals surface area contributed by atoms with Crippen molar-refractivity contribution >= 4 is 17.6 Å². The van der Waals surface area contributed by atoms with E-state index < -0.39 is 22.3 Å². The zero-order valence-corrected chi connectivity index (χ0v) is 12.7. The van der Waals surface area contributed by atoms with Crippen LogP contribution >= 0.6 is 0 Å². The Bertz CT molecular complexity index is 589. The predicted octanol–water partition coefficient (Wildman–Crippen LogP) is 1.91. The summed E-state index contributed by atoms with van der Waals surface area (Å²) in [6, 6.07) is 0.996. The molecule has 1 amide bonds. The van der Waals surface area contributed by atoms with Gasteiger partial charge < -0.3 is 14.6 Å². The topological polar surface area (TPSA) is 106 Å². The molecule has 0 fully saturated rings. The number of carbonyl (C=O) groups is 2. The van der Waals surface area contributed by atoms with Gasteiger partial charge in [0.25, 0.3) is 11.6 Å². The van der Waals surface area contributed by atoms with E-state index in [-0.39, 0.29) is 17.4 Å². The van der Waals surface area contributed by atoms with E-state index in [0.717, 1.165) is 11.0 Å². The summed E-state index contributed by atoms with van der Waals surface area (Å²) < 4.78 is 1.47. The monoisotopic (exact) mass is 297 g/mol. The number of carboxylic acid groups (broad SMARTS) is 1. The van der Waals surface area contributed by atoms with Crippen LogP contribution in [0.3, 0.4) is 0 Å². The van der Waals surface area contributed by atoms with Gasteiger partial charge in [0.05, 0.1) is 11.1 Å². The smallest absolute Gasteiger partial charge is 0.329 e. The molecule has 116 valence electrons. The lowest BCUT2D eigenvalue weighted by molar-refractivity contribution is -0.384. The van der Waals surface area contributed by atoms with Crippen LogP contribution in [0, 0.1) is 10.1 Å². The summed E-state index contributed by atoms with van der Waals surface area (Å²) in [6.45, 7) is 6.35. The SMILES string of the molecule is CC(C)n1cc([N+](=O)[O-])cc1C(=O)N(C)C(C)(C)C(=O)O. The number of nitro groups is 1. The minimum Gasteiger partial charge on any atom is -0.480 e. The van der Waals surface area contributed by atoms with Crippen molar-refractivity contribution in [2.75, 3.05) is 7.05 Å². The van der Waals surface area contributed by atoms with Crippen molar-refractivity contribution < 1.29 is 19.6 Å². The second-order valence-electron chi connectivity index (χ2n) is 5.57. The third-order valence-corrected chi connectivity index (χ3v) is 3.49. The van der Waals surface area contributed by atoms with Gasteiger partial charge in [-0.25, -0.2) is 4.79 Å². The Morgan fingerprint density at radius 1 is 1.43 bits per heavy atom. The first-order valence-electron chi connectivity index (χ1n) is 6.38. The molecule has 0 atom stereocenters. The molecule has 1 heterocycles. The molecule has 1 N–H and O–H groups in total. The molecule has 0 unspecified atom stereocenters. The lowest BCUT2D eigenvalue weighted by Gasteiger charge is -2.31. The molecule has 21 heavy (non-hydrogen) atoms. The summed E-state index contributed by atoms with van der Waals surface area (Å²) in [6.07, 6.45) is 1.28. The standard InChI is InChI=1S/C13H19N3O5/c1-8(2)15-7-9(16(20)21)6-10(15)11(17)14(5)13(3,4)12(18)19/h6-8H,1-5H3,(H,18,19). The average molecular weight is 297 g/mol. The van der Waals surface area contributed by atoms with Crippen LogP contribution in [-0.4, -0.2) is 44.0 Å². The molecule has 0 bridgehead atoms. The highest BCUT2D eigenvalue weighted by atomic mass is 16.6. The van der Waals surface area contributed by atoms with Crippen LogP contribution in [-0.2, 0) is 4.79 Å². The molecule has 0 aliphatic heterocycles. The second-order valence-corrected chi connectivity index (χ2v) is 5.57. The number of aromatic nitrogens is 1. The van der Waals surface area contributed by atoms with Gasteiger partial charge in [0, 0.05) is 19.2 Å². The first-order valence-corrected chi connectivity index (χ1v) is 6.38. The van der Waals surface area contributed by atoms with Gasteiger partial charge in [0.2, 0.25) is 0 Å². The molecule has 8 heteroatoms. The number of likely N-dealkylation sites (N-methyl/N-ethyl adjacent to an activating group) is 1. The second kappa shape index (κ2) is 5.55. The molecule has 8 nitrogen and oxygen atoms in total. The van der Waals surface area contributed by atoms with E-state index in [1.165, 1.54) is 31.7 Å². The number of carbonyl (C=O) groups excluding carboxylic acids is 1. The van der Waals surface area contributed by atoms with E-state index >= 15 is 0 Å². The summed E-state index contributed by atoms with van der Waals surface area (Å²) in [4.78, 5) is 35.0. The predicted molar refractivity (Wildman–Crippen MR) is 75.3 cm³/mol. The van der Waals surface area contributed by atoms with Gasteiger partial charge in [-0.3, -0.25) is 14.9 Å². The fourth-order valence-electron chi connectivity index (χ4n) is 1.73. The number of aliphatic carboxylic acids is 1. The largest absolute Gasteiger partial charge is 0.480 e. The maximum absolute atomic E-state index is 12.5. The molecular formula is C13H19N3O5. The Morgan fingerprint density at radius 2 is 1.95 bits per heavy atom. The maximum Gasteiger partial charge on any atom is 0.329 e. The summed E-state index contributed by atoms with van der Waals surface area (Å²) in [5, 5.41) is 20.0. The van der Waals surface area contributed by atoms with E-state index in [1.807, 2.05) is 0 Å². The van der Waals surface area contributed by atoms with Crippen molar-refractivity contribution in [1.29, 1.82) is 0 Å². The van der Waals surface area contributed by atoms with Crippen molar-refractivity contribution in [3.05, 3.63) is 28.1 Å². The quantitative estimate of drug-likeness (QED) is 0.660. The van der Waals surface area contributed by atoms with Gasteiger partial charge in [0.1, 0.15) is 11.2 Å². The van der Waals surface area contributed by atoms with Crippen LogP contribution in [0.4, 0.5) is 5.69 Å². The zero-order chi connectivity index (χ0) is 16.5. The average Bonchev–Trinajstić information content (AvgIpc) is 2.81. The maximum atomic E-state index is 12.5. The van der Waals surface area contributed by atoms with Crippen LogP contribution in [0.1, 0.15) is 44.2 Å². The number of hydrogen-bond acceptors (Lipinski definition) is 4. The number of carboxylic acids is 1. The third kappa shape index (κ3) is 3.04. The molecule has 0 radical (unpaired) electrons. The Labute approximate surface area is 122 Å². The van der Waals surface area contributed by atoms with Gasteiger partial charge in [-0.1, -0.05) is 0 Å². The Morgan fingerprint density at radius 3 is 2.33 bits per heavy atom. The van der Waals surface area contributed by atoms with Crippen LogP contribution in [0.25, 0.3) is 0 Å². The lowest BCUT2D eigenvalue weighted by atomic mass is 10.0. The van der Waals surface area contributed by atoms with E-state index in [4.69, 9.17) is 0 Å². The molecule has 1 aromatic heterocycles. The summed E-state index contributed by atoms with van der Waals surface area (Å²) in [5.41, 5.74) is -1.53. The molecule has 0 aliphatic carbocycles. The highest BCUT2D eigenvalue weighted by Crippen LogP contribution is 2.24. The van der Waals surface area contributed by atoms with Gasteiger partial charge in [-0.2, -0.15) is 0 Å². The van der Waals surface area contributed by atoms with E-state index in [2.05, 4.69) is 0 Å². The van der Waals surface area contributed by atoms with Crippen molar-refractivity contribution in [3.63, 3.8) is 0 Å². The summed E-state index contributed by atoms with van der Waals surface area (Å²) >= 11 is 0. The molecule has 1 rings (SSSR count). The molecule has 1 aromatic rings. The Balaban J connectivity index is 3.30. The van der Waals surface area contributed by atoms with Crippen molar-refractivity contribution in [1.82, 2.24) is 9.47 Å². The summed E-state index contributed by atoms with van der Waals surface area (Å²) in [7, 11) is 1.36. The number of hydrogen-bond donors (Lipinski definition) is 1. The Hall–Kier alpha value is -2.38. The van der Waals surface area contributed by atoms with Crippen LogP contribution in [0.2, 0.25) is 0 Å². The molecule has 0 spiro atoms. The Kier molecular flexibility index (Phi) is 4.40. The van der Waals surface area contributed by atoms with E-state index in [1.54, 1.807) is 13.8 Å². The minimum absolute atomic E-state index is 0.0912. The van der Waals surface area contributed by atoms with Crippen molar-refractivity contribution in [3.8, 4) is 0 Å².